The summed E-state index contributed by atoms with van der Waals surface area (Å²) in [6.07, 6.45) is 0. The number of alkyl halides is 1. The first-order valence-electron chi connectivity index (χ1n) is 5.83. The molecule has 0 fully saturated rings. The third kappa shape index (κ3) is 3.48. The number of nitrogens with one attached hydrogen (secondary N) is 1. The zero-order chi connectivity index (χ0) is 13.8. The van der Waals surface area contributed by atoms with Crippen LogP contribution < -0.4 is 5.32 Å². The standard InChI is InChI=1S/C15H13ClINO/c1-10-3-2-4-13(14(10)17)15(19)18-12-7-5-11(9-16)6-8-12/h2-8H,9H2,1H3,(H,18,19). The van der Waals surface area contributed by atoms with E-state index in [2.05, 4.69) is 27.9 Å². The molecular formula is C15H13ClINO. The monoisotopic (exact) mass is 385 g/mol. The third-order valence-electron chi connectivity index (χ3n) is 2.80. The summed E-state index contributed by atoms with van der Waals surface area (Å²) in [7, 11) is 0. The average molecular weight is 386 g/mol. The van der Waals surface area contributed by atoms with Crippen LogP contribution in [0.3, 0.4) is 0 Å². The van der Waals surface area contributed by atoms with Gasteiger partial charge < -0.3 is 5.32 Å². The van der Waals surface area contributed by atoms with E-state index in [9.17, 15) is 4.79 Å². The molecule has 0 atom stereocenters. The van der Waals surface area contributed by atoms with E-state index >= 15 is 0 Å². The van der Waals surface area contributed by atoms with Crippen molar-refractivity contribution in [2.75, 3.05) is 5.32 Å². The predicted octanol–water partition coefficient (Wildman–Crippen LogP) is 4.59. The summed E-state index contributed by atoms with van der Waals surface area (Å²) in [4.78, 5) is 12.2. The van der Waals surface area contributed by atoms with E-state index in [1.54, 1.807) is 0 Å². The van der Waals surface area contributed by atoms with Gasteiger partial charge in [0.15, 0.2) is 0 Å². The number of halogens is 2. The van der Waals surface area contributed by atoms with Crippen LogP contribution in [0.25, 0.3) is 0 Å². The van der Waals surface area contributed by atoms with E-state index in [0.717, 1.165) is 20.4 Å². The minimum absolute atomic E-state index is 0.0910. The summed E-state index contributed by atoms with van der Waals surface area (Å²) in [5, 5.41) is 2.89. The molecule has 98 valence electrons. The average Bonchev–Trinajstić information content (AvgIpc) is 2.42. The summed E-state index contributed by atoms with van der Waals surface area (Å²) in [5.41, 5.74) is 3.61. The normalized spacial score (nSPS) is 10.3. The van der Waals surface area contributed by atoms with Crippen molar-refractivity contribution >= 4 is 45.8 Å². The topological polar surface area (TPSA) is 29.1 Å². The lowest BCUT2D eigenvalue weighted by atomic mass is 10.1. The zero-order valence-corrected chi connectivity index (χ0v) is 13.3. The van der Waals surface area contributed by atoms with Gasteiger partial charge in [0, 0.05) is 15.1 Å². The van der Waals surface area contributed by atoms with Gasteiger partial charge in [0.05, 0.1) is 5.56 Å². The van der Waals surface area contributed by atoms with E-state index in [1.165, 1.54) is 0 Å². The number of benzene rings is 2. The Kier molecular flexibility index (Phi) is 4.82. The van der Waals surface area contributed by atoms with Crippen LogP contribution in [0, 0.1) is 10.5 Å². The van der Waals surface area contributed by atoms with Gasteiger partial charge in [-0.1, -0.05) is 24.3 Å². The van der Waals surface area contributed by atoms with Crippen molar-refractivity contribution in [2.24, 2.45) is 0 Å². The maximum absolute atomic E-state index is 12.2. The molecular weight excluding hydrogens is 373 g/mol. The van der Waals surface area contributed by atoms with Gasteiger partial charge in [0.25, 0.3) is 5.91 Å². The molecule has 19 heavy (non-hydrogen) atoms. The first-order chi connectivity index (χ1) is 9.11. The highest BCUT2D eigenvalue weighted by atomic mass is 127. The van der Waals surface area contributed by atoms with Gasteiger partial charge in [-0.15, -0.1) is 11.6 Å². The van der Waals surface area contributed by atoms with E-state index in [-0.39, 0.29) is 5.91 Å². The minimum atomic E-state index is -0.0910. The van der Waals surface area contributed by atoms with Crippen molar-refractivity contribution in [3.63, 3.8) is 0 Å². The molecule has 0 aromatic heterocycles. The number of anilines is 1. The Morgan fingerprint density at radius 2 is 1.89 bits per heavy atom. The molecule has 0 saturated carbocycles. The number of aryl methyl sites for hydroxylation is 1. The molecule has 1 amide bonds. The summed E-state index contributed by atoms with van der Waals surface area (Å²) >= 11 is 7.93. The summed E-state index contributed by atoms with van der Waals surface area (Å²) in [6.45, 7) is 1.99. The number of amides is 1. The van der Waals surface area contributed by atoms with Gasteiger partial charge in [0.2, 0.25) is 0 Å². The number of carbonyl (C=O) groups excluding carboxylic acids is 1. The molecule has 2 rings (SSSR count). The quantitative estimate of drug-likeness (QED) is 0.607. The van der Waals surface area contributed by atoms with Gasteiger partial charge in [-0.3, -0.25) is 4.79 Å². The van der Waals surface area contributed by atoms with Crippen molar-refractivity contribution in [3.8, 4) is 0 Å². The van der Waals surface area contributed by atoms with Crippen LogP contribution in [0.4, 0.5) is 5.69 Å². The first kappa shape index (κ1) is 14.3. The molecule has 2 aromatic rings. The number of hydrogen-bond donors (Lipinski definition) is 1. The molecule has 0 aliphatic heterocycles. The van der Waals surface area contributed by atoms with Gasteiger partial charge in [-0.2, -0.15) is 0 Å². The maximum Gasteiger partial charge on any atom is 0.256 e. The summed E-state index contributed by atoms with van der Waals surface area (Å²) in [6, 6.07) is 13.2. The Morgan fingerprint density at radius 3 is 2.53 bits per heavy atom. The lowest BCUT2D eigenvalue weighted by Gasteiger charge is -2.09. The molecule has 2 nitrogen and oxygen atoms in total. The zero-order valence-electron chi connectivity index (χ0n) is 10.4. The Hall–Kier alpha value is -1.07. The highest BCUT2D eigenvalue weighted by Crippen LogP contribution is 2.19. The van der Waals surface area contributed by atoms with Crippen LogP contribution in [0.5, 0.6) is 0 Å². The minimum Gasteiger partial charge on any atom is -0.322 e. The highest BCUT2D eigenvalue weighted by Gasteiger charge is 2.11. The fourth-order valence-corrected chi connectivity index (χ4v) is 2.48. The van der Waals surface area contributed by atoms with E-state index < -0.39 is 0 Å². The Labute approximate surface area is 131 Å². The first-order valence-corrected chi connectivity index (χ1v) is 7.44. The second-order valence-corrected chi connectivity index (χ2v) is 5.57. The Balaban J connectivity index is 2.18. The highest BCUT2D eigenvalue weighted by molar-refractivity contribution is 14.1. The van der Waals surface area contributed by atoms with E-state index in [0.29, 0.717) is 11.4 Å². The summed E-state index contributed by atoms with van der Waals surface area (Å²) in [5.74, 6) is 0.385. The Morgan fingerprint density at radius 1 is 1.21 bits per heavy atom. The van der Waals surface area contributed by atoms with Crippen LogP contribution in [-0.4, -0.2) is 5.91 Å². The lowest BCUT2D eigenvalue weighted by Crippen LogP contribution is -2.13. The van der Waals surface area contributed by atoms with Gasteiger partial charge in [-0.25, -0.2) is 0 Å². The van der Waals surface area contributed by atoms with Crippen LogP contribution >= 0.6 is 34.2 Å². The van der Waals surface area contributed by atoms with Gasteiger partial charge in [-0.05, 0) is 58.8 Å². The van der Waals surface area contributed by atoms with Crippen LogP contribution in [0.15, 0.2) is 42.5 Å². The number of carbonyl (C=O) groups is 1. The van der Waals surface area contributed by atoms with Crippen LogP contribution in [0.1, 0.15) is 21.5 Å². The molecule has 0 aliphatic carbocycles. The second-order valence-electron chi connectivity index (χ2n) is 4.22. The molecule has 0 bridgehead atoms. The fraction of sp³-hybridized carbons (Fsp3) is 0.133. The maximum atomic E-state index is 12.2. The van der Waals surface area contributed by atoms with Gasteiger partial charge >= 0.3 is 0 Å². The van der Waals surface area contributed by atoms with E-state index in [1.807, 2.05) is 49.4 Å². The molecule has 2 aromatic carbocycles. The van der Waals surface area contributed by atoms with Crippen molar-refractivity contribution in [1.82, 2.24) is 0 Å². The van der Waals surface area contributed by atoms with Crippen molar-refractivity contribution in [2.45, 2.75) is 12.8 Å². The largest absolute Gasteiger partial charge is 0.322 e. The molecule has 4 heteroatoms. The second kappa shape index (κ2) is 6.39. The SMILES string of the molecule is Cc1cccc(C(=O)Nc2ccc(CCl)cc2)c1I. The molecule has 0 unspecified atom stereocenters. The number of hydrogen-bond acceptors (Lipinski definition) is 1. The Bertz CT molecular complexity index is 596. The molecule has 1 N–H and O–H groups in total. The molecule has 0 aliphatic rings. The lowest BCUT2D eigenvalue weighted by molar-refractivity contribution is 0.102. The van der Waals surface area contributed by atoms with Crippen molar-refractivity contribution in [3.05, 3.63) is 62.7 Å². The molecule has 0 spiro atoms. The molecule has 0 heterocycles. The fourth-order valence-electron chi connectivity index (χ4n) is 1.70. The number of rotatable bonds is 3. The van der Waals surface area contributed by atoms with Gasteiger partial charge in [0.1, 0.15) is 0 Å². The van der Waals surface area contributed by atoms with Crippen LogP contribution in [-0.2, 0) is 5.88 Å². The van der Waals surface area contributed by atoms with Crippen LogP contribution in [0.2, 0.25) is 0 Å². The van der Waals surface area contributed by atoms with Crippen molar-refractivity contribution in [1.29, 1.82) is 0 Å². The predicted molar refractivity (Wildman–Crippen MR) is 87.8 cm³/mol. The van der Waals surface area contributed by atoms with E-state index in [4.69, 9.17) is 11.6 Å². The van der Waals surface area contributed by atoms with Crippen molar-refractivity contribution < 1.29 is 4.79 Å². The summed E-state index contributed by atoms with van der Waals surface area (Å²) < 4.78 is 0.981. The molecule has 0 radical (unpaired) electrons. The molecule has 0 saturated heterocycles. The third-order valence-corrected chi connectivity index (χ3v) is 4.54. The smallest absolute Gasteiger partial charge is 0.256 e.